The molecular formula is C19H26ClN5O2. The maximum Gasteiger partial charge on any atom is 0.215 e. The lowest BCUT2D eigenvalue weighted by molar-refractivity contribution is -0.107. The van der Waals surface area contributed by atoms with E-state index in [1.54, 1.807) is 7.05 Å². The Balaban J connectivity index is 2.40. The van der Waals surface area contributed by atoms with Crippen molar-refractivity contribution in [3.8, 4) is 0 Å². The van der Waals surface area contributed by atoms with Crippen LogP contribution in [0.5, 0.6) is 0 Å². The van der Waals surface area contributed by atoms with Crippen LogP contribution in [0.25, 0.3) is 5.70 Å². The zero-order valence-electron chi connectivity index (χ0n) is 16.0. The molecule has 1 heterocycles. The summed E-state index contributed by atoms with van der Waals surface area (Å²) in [5.74, 6) is 6.47. The lowest BCUT2D eigenvalue weighted by Gasteiger charge is -2.24. The van der Waals surface area contributed by atoms with Gasteiger partial charge >= 0.3 is 0 Å². The Bertz CT molecular complexity index is 788. The molecule has 146 valence electrons. The van der Waals surface area contributed by atoms with Crippen molar-refractivity contribution < 1.29 is 9.63 Å². The number of rotatable bonds is 10. The first kappa shape index (κ1) is 21.0. The largest absolute Gasteiger partial charge is 0.373 e. The molecule has 0 atom stereocenters. The molecule has 27 heavy (non-hydrogen) atoms. The van der Waals surface area contributed by atoms with E-state index >= 15 is 0 Å². The summed E-state index contributed by atoms with van der Waals surface area (Å²) < 4.78 is 2.05. The summed E-state index contributed by atoms with van der Waals surface area (Å²) in [5.41, 5.74) is 2.65. The number of benzene rings is 1. The lowest BCUT2D eigenvalue weighted by Crippen LogP contribution is -2.24. The number of anilines is 1. The van der Waals surface area contributed by atoms with E-state index in [4.69, 9.17) is 17.5 Å². The second-order valence-corrected chi connectivity index (χ2v) is 6.79. The summed E-state index contributed by atoms with van der Waals surface area (Å²) in [6, 6.07) is 7.66. The molecule has 0 saturated carbocycles. The molecule has 1 aromatic carbocycles. The molecular weight excluding hydrogens is 366 g/mol. The van der Waals surface area contributed by atoms with E-state index in [-0.39, 0.29) is 0 Å². The molecule has 1 amide bonds. The molecule has 1 aromatic heterocycles. The van der Waals surface area contributed by atoms with E-state index in [1.807, 2.05) is 43.1 Å². The summed E-state index contributed by atoms with van der Waals surface area (Å²) in [4.78, 5) is 24.1. The van der Waals surface area contributed by atoms with Gasteiger partial charge in [0.15, 0.2) is 5.82 Å². The minimum Gasteiger partial charge on any atom is -0.373 e. The predicted octanol–water partition coefficient (Wildman–Crippen LogP) is 2.67. The number of hydrogen-bond donors (Lipinski definition) is 1. The van der Waals surface area contributed by atoms with E-state index in [0.29, 0.717) is 30.5 Å². The lowest BCUT2D eigenvalue weighted by atomic mass is 10.2. The van der Waals surface area contributed by atoms with Gasteiger partial charge in [0, 0.05) is 32.2 Å². The first-order valence-corrected chi connectivity index (χ1v) is 8.98. The standard InChI is InChI=1S/C19H26ClN5O2/c1-14(23(3)10-5-11-27-21)18-19(24(4)13-26)22-15(2)25(18)12-16-6-8-17(20)9-7-16/h6-9,13H,1,5,10-12,21H2,2-4H3. The summed E-state index contributed by atoms with van der Waals surface area (Å²) in [6.45, 7) is 7.92. The van der Waals surface area contributed by atoms with Crippen molar-refractivity contribution in [2.45, 2.75) is 19.9 Å². The van der Waals surface area contributed by atoms with Gasteiger partial charge < -0.3 is 19.2 Å². The van der Waals surface area contributed by atoms with Crippen LogP contribution >= 0.6 is 11.6 Å². The Labute approximate surface area is 164 Å². The van der Waals surface area contributed by atoms with E-state index in [0.717, 1.165) is 35.6 Å². The fourth-order valence-corrected chi connectivity index (χ4v) is 2.92. The molecule has 2 rings (SSSR count). The van der Waals surface area contributed by atoms with Gasteiger partial charge in [-0.2, -0.15) is 0 Å². The molecule has 2 N–H and O–H groups in total. The van der Waals surface area contributed by atoms with Crippen LogP contribution in [0, 0.1) is 6.92 Å². The quantitative estimate of drug-likeness (QED) is 0.383. The van der Waals surface area contributed by atoms with E-state index in [9.17, 15) is 4.79 Å². The first-order chi connectivity index (χ1) is 12.9. The Morgan fingerprint density at radius 3 is 2.63 bits per heavy atom. The minimum atomic E-state index is 0.460. The molecule has 2 aromatic rings. The Morgan fingerprint density at radius 2 is 2.04 bits per heavy atom. The average molecular weight is 392 g/mol. The molecule has 0 bridgehead atoms. The third-order valence-corrected chi connectivity index (χ3v) is 4.63. The molecule has 0 aliphatic carbocycles. The number of amides is 1. The molecule has 0 aliphatic rings. The molecule has 7 nitrogen and oxygen atoms in total. The van der Waals surface area contributed by atoms with Crippen molar-refractivity contribution in [3.05, 3.63) is 52.9 Å². The highest BCUT2D eigenvalue weighted by Crippen LogP contribution is 2.29. The van der Waals surface area contributed by atoms with Crippen molar-refractivity contribution in [2.24, 2.45) is 5.90 Å². The van der Waals surface area contributed by atoms with E-state index < -0.39 is 0 Å². The van der Waals surface area contributed by atoms with Crippen molar-refractivity contribution in [1.82, 2.24) is 14.5 Å². The Hall–Kier alpha value is -2.35. The topological polar surface area (TPSA) is 76.6 Å². The fourth-order valence-electron chi connectivity index (χ4n) is 2.80. The smallest absolute Gasteiger partial charge is 0.215 e. The van der Waals surface area contributed by atoms with Gasteiger partial charge in [-0.25, -0.2) is 10.9 Å². The molecule has 0 unspecified atom stereocenters. The van der Waals surface area contributed by atoms with Gasteiger partial charge in [0.2, 0.25) is 6.41 Å². The van der Waals surface area contributed by atoms with E-state index in [1.165, 1.54) is 4.90 Å². The van der Waals surface area contributed by atoms with Crippen LogP contribution in [0.2, 0.25) is 5.02 Å². The van der Waals surface area contributed by atoms with Gasteiger partial charge in [-0.05, 0) is 31.0 Å². The van der Waals surface area contributed by atoms with Crippen molar-refractivity contribution in [3.63, 3.8) is 0 Å². The molecule has 0 spiro atoms. The average Bonchev–Trinajstić information content (AvgIpc) is 2.98. The molecule has 0 fully saturated rings. The van der Waals surface area contributed by atoms with Gasteiger partial charge in [0.05, 0.1) is 12.3 Å². The van der Waals surface area contributed by atoms with Crippen LogP contribution < -0.4 is 10.8 Å². The number of nitrogens with two attached hydrogens (primary N) is 1. The first-order valence-electron chi connectivity index (χ1n) is 8.60. The summed E-state index contributed by atoms with van der Waals surface area (Å²) in [7, 11) is 3.62. The highest BCUT2D eigenvalue weighted by Gasteiger charge is 2.22. The number of aryl methyl sites for hydroxylation is 1. The molecule has 0 aliphatic heterocycles. The minimum absolute atomic E-state index is 0.460. The normalized spacial score (nSPS) is 10.7. The molecule has 0 radical (unpaired) electrons. The van der Waals surface area contributed by atoms with Crippen LogP contribution in [0.15, 0.2) is 30.8 Å². The van der Waals surface area contributed by atoms with Crippen LogP contribution in [-0.2, 0) is 16.2 Å². The summed E-state index contributed by atoms with van der Waals surface area (Å²) in [5, 5.41) is 0.689. The molecule has 8 heteroatoms. The van der Waals surface area contributed by atoms with Crippen molar-refractivity contribution >= 4 is 29.5 Å². The van der Waals surface area contributed by atoms with E-state index in [2.05, 4.69) is 21.0 Å². The number of halogens is 1. The van der Waals surface area contributed by atoms with Crippen molar-refractivity contribution in [2.75, 3.05) is 32.1 Å². The number of nitrogens with zero attached hydrogens (tertiary/aromatic N) is 4. The van der Waals surface area contributed by atoms with Crippen LogP contribution in [0.3, 0.4) is 0 Å². The number of hydrogen-bond acceptors (Lipinski definition) is 5. The highest BCUT2D eigenvalue weighted by molar-refractivity contribution is 6.30. The molecule has 0 saturated heterocycles. The third kappa shape index (κ3) is 5.09. The predicted molar refractivity (Wildman–Crippen MR) is 108 cm³/mol. The van der Waals surface area contributed by atoms with Gasteiger partial charge in [-0.15, -0.1) is 0 Å². The zero-order chi connectivity index (χ0) is 20.0. The fraction of sp³-hybridized carbons (Fsp3) is 0.368. The number of imidazole rings is 1. The maximum absolute atomic E-state index is 11.4. The zero-order valence-corrected chi connectivity index (χ0v) is 16.7. The maximum atomic E-state index is 11.4. The summed E-state index contributed by atoms with van der Waals surface area (Å²) >= 11 is 5.99. The van der Waals surface area contributed by atoms with Crippen LogP contribution in [-0.4, -0.2) is 48.1 Å². The Morgan fingerprint density at radius 1 is 1.37 bits per heavy atom. The number of carbonyl (C=O) groups is 1. The Kier molecular flexibility index (Phi) is 7.41. The van der Waals surface area contributed by atoms with Gasteiger partial charge in [-0.3, -0.25) is 4.79 Å². The van der Waals surface area contributed by atoms with Gasteiger partial charge in [0.1, 0.15) is 11.5 Å². The SMILES string of the molecule is C=C(c1c(N(C)C=O)nc(C)n1Cc1ccc(Cl)cc1)N(C)CCCON. The monoisotopic (exact) mass is 391 g/mol. The second kappa shape index (κ2) is 9.55. The van der Waals surface area contributed by atoms with Gasteiger partial charge in [0.25, 0.3) is 0 Å². The third-order valence-electron chi connectivity index (χ3n) is 4.38. The second-order valence-electron chi connectivity index (χ2n) is 6.35. The van der Waals surface area contributed by atoms with Crippen LogP contribution in [0.1, 0.15) is 23.5 Å². The van der Waals surface area contributed by atoms with Gasteiger partial charge in [-0.1, -0.05) is 30.3 Å². The number of aromatic nitrogens is 2. The number of carbonyl (C=O) groups excluding carboxylic acids is 1. The van der Waals surface area contributed by atoms with Crippen molar-refractivity contribution in [1.29, 1.82) is 0 Å². The van der Waals surface area contributed by atoms with Crippen LogP contribution in [0.4, 0.5) is 5.82 Å². The highest BCUT2D eigenvalue weighted by atomic mass is 35.5. The summed E-state index contributed by atoms with van der Waals surface area (Å²) in [6.07, 6.45) is 1.50.